The van der Waals surface area contributed by atoms with Gasteiger partial charge >= 0.3 is 0 Å². The normalized spacial score (nSPS) is 16.4. The van der Waals surface area contributed by atoms with E-state index >= 15 is 0 Å². The molecule has 106 valence electrons. The van der Waals surface area contributed by atoms with Crippen LogP contribution in [0.3, 0.4) is 0 Å². The van der Waals surface area contributed by atoms with Gasteiger partial charge in [-0.3, -0.25) is 0 Å². The van der Waals surface area contributed by atoms with Gasteiger partial charge in [0.15, 0.2) is 0 Å². The number of carbonyl (C=O) groups is 1. The van der Waals surface area contributed by atoms with E-state index in [9.17, 15) is 4.79 Å². The van der Waals surface area contributed by atoms with E-state index in [0.29, 0.717) is 6.42 Å². The fraction of sp³-hybridized carbons (Fsp3) is 0.588. The summed E-state index contributed by atoms with van der Waals surface area (Å²) in [4.78, 5) is 10.4. The van der Waals surface area contributed by atoms with E-state index in [4.69, 9.17) is 4.74 Å². The Bertz CT molecular complexity index is 391. The predicted octanol–water partition coefficient (Wildman–Crippen LogP) is 4.78. The van der Waals surface area contributed by atoms with Gasteiger partial charge in [0.2, 0.25) is 0 Å². The van der Waals surface area contributed by atoms with Crippen molar-refractivity contribution >= 4 is 6.29 Å². The molecule has 0 saturated heterocycles. The van der Waals surface area contributed by atoms with Crippen LogP contribution in [0.4, 0.5) is 0 Å². The van der Waals surface area contributed by atoms with Gasteiger partial charge in [-0.15, -0.1) is 0 Å². The van der Waals surface area contributed by atoms with Gasteiger partial charge in [-0.2, -0.15) is 0 Å². The van der Waals surface area contributed by atoms with Crippen LogP contribution in [0.25, 0.3) is 0 Å². The van der Waals surface area contributed by atoms with Gasteiger partial charge in [0.1, 0.15) is 17.8 Å². The smallest absolute Gasteiger partial charge is 0.120 e. The minimum Gasteiger partial charge on any atom is -0.465 e. The lowest BCUT2D eigenvalue weighted by molar-refractivity contribution is -0.107. The monoisotopic (exact) mass is 262 g/mol. The largest absolute Gasteiger partial charge is 0.465 e. The third kappa shape index (κ3) is 4.70. The third-order valence-corrected chi connectivity index (χ3v) is 2.96. The zero-order valence-electron chi connectivity index (χ0n) is 13.0. The molecule has 0 spiro atoms. The van der Waals surface area contributed by atoms with Crippen molar-refractivity contribution in [2.45, 2.75) is 54.4 Å². The molecule has 0 N–H and O–H groups in total. The van der Waals surface area contributed by atoms with Crippen molar-refractivity contribution < 1.29 is 9.53 Å². The van der Waals surface area contributed by atoms with E-state index < -0.39 is 0 Å². The maximum Gasteiger partial charge on any atom is 0.120 e. The van der Waals surface area contributed by atoms with Gasteiger partial charge in [-0.05, 0) is 24.1 Å². The Hall–Kier alpha value is -1.31. The highest BCUT2D eigenvalue weighted by atomic mass is 16.5. The number of carbonyl (C=O) groups excluding carboxylic acids is 1. The number of hydrogen-bond acceptors (Lipinski definition) is 2. The van der Waals surface area contributed by atoms with Crippen LogP contribution in [0.15, 0.2) is 35.3 Å². The van der Waals surface area contributed by atoms with Gasteiger partial charge in [0.25, 0.3) is 0 Å². The third-order valence-electron chi connectivity index (χ3n) is 2.96. The fourth-order valence-corrected chi connectivity index (χ4v) is 1.70. The van der Waals surface area contributed by atoms with E-state index in [1.165, 1.54) is 0 Å². The Labute approximate surface area is 117 Å². The van der Waals surface area contributed by atoms with Crippen LogP contribution in [0.1, 0.15) is 54.4 Å². The first kappa shape index (κ1) is 15.7. The molecule has 0 amide bonds. The van der Waals surface area contributed by atoms with E-state index in [2.05, 4.69) is 59.8 Å². The van der Waals surface area contributed by atoms with E-state index in [1.54, 1.807) is 0 Å². The van der Waals surface area contributed by atoms with Crippen molar-refractivity contribution in [2.75, 3.05) is 0 Å². The second-order valence-electron chi connectivity index (χ2n) is 7.07. The molecule has 0 saturated carbocycles. The van der Waals surface area contributed by atoms with Crippen LogP contribution >= 0.6 is 0 Å². The van der Waals surface area contributed by atoms with Crippen LogP contribution in [-0.2, 0) is 9.53 Å². The quantitative estimate of drug-likeness (QED) is 0.540. The summed E-state index contributed by atoms with van der Waals surface area (Å²) in [5.74, 6) is 1.97. The van der Waals surface area contributed by atoms with Crippen molar-refractivity contribution in [1.29, 1.82) is 0 Å². The lowest BCUT2D eigenvalue weighted by Gasteiger charge is -2.32. The molecular weight excluding hydrogens is 236 g/mol. The summed E-state index contributed by atoms with van der Waals surface area (Å²) in [5, 5.41) is 0. The van der Waals surface area contributed by atoms with Crippen molar-refractivity contribution in [1.82, 2.24) is 0 Å². The fourth-order valence-electron chi connectivity index (χ4n) is 1.70. The Morgan fingerprint density at radius 2 is 1.42 bits per heavy atom. The molecule has 0 unspecified atom stereocenters. The summed E-state index contributed by atoms with van der Waals surface area (Å²) in [6.45, 7) is 12.9. The molecule has 0 radical (unpaired) electrons. The maximum absolute atomic E-state index is 10.4. The summed E-state index contributed by atoms with van der Waals surface area (Å²) in [6, 6.07) is 0. The molecule has 1 aliphatic heterocycles. The zero-order chi connectivity index (χ0) is 14.7. The van der Waals surface area contributed by atoms with Crippen LogP contribution in [0, 0.1) is 10.8 Å². The Morgan fingerprint density at radius 3 is 1.79 bits per heavy atom. The van der Waals surface area contributed by atoms with Crippen molar-refractivity contribution in [3.8, 4) is 0 Å². The first-order valence-corrected chi connectivity index (χ1v) is 6.90. The molecule has 0 fully saturated rings. The minimum atomic E-state index is -0.0193. The zero-order valence-corrected chi connectivity index (χ0v) is 13.0. The SMILES string of the molecule is CC(C)(C)C1=CC(=CCCC=O)C=C(C(C)(C)C)O1. The molecular formula is C17H26O2. The van der Waals surface area contributed by atoms with Crippen LogP contribution in [0.5, 0.6) is 0 Å². The molecule has 0 bridgehead atoms. The summed E-state index contributed by atoms with van der Waals surface area (Å²) >= 11 is 0. The second kappa shape index (κ2) is 5.77. The second-order valence-corrected chi connectivity index (χ2v) is 7.07. The van der Waals surface area contributed by atoms with Gasteiger partial charge in [-0.25, -0.2) is 0 Å². The van der Waals surface area contributed by atoms with Crippen molar-refractivity contribution in [3.63, 3.8) is 0 Å². The van der Waals surface area contributed by atoms with E-state index in [0.717, 1.165) is 29.8 Å². The highest BCUT2D eigenvalue weighted by molar-refractivity contribution is 5.50. The molecule has 0 aliphatic carbocycles. The average molecular weight is 262 g/mol. The predicted molar refractivity (Wildman–Crippen MR) is 79.5 cm³/mol. The Kier molecular flexibility index (Phi) is 4.78. The lowest BCUT2D eigenvalue weighted by Crippen LogP contribution is -2.21. The van der Waals surface area contributed by atoms with Crippen molar-refractivity contribution in [2.24, 2.45) is 10.8 Å². The van der Waals surface area contributed by atoms with Crippen LogP contribution in [0.2, 0.25) is 0 Å². The lowest BCUT2D eigenvalue weighted by atomic mass is 9.87. The first-order chi connectivity index (χ1) is 8.64. The summed E-state index contributed by atoms with van der Waals surface area (Å²) < 4.78 is 6.06. The van der Waals surface area contributed by atoms with Gasteiger partial charge in [-0.1, -0.05) is 47.6 Å². The minimum absolute atomic E-state index is 0.0193. The Balaban J connectivity index is 3.07. The highest BCUT2D eigenvalue weighted by Gasteiger charge is 2.28. The van der Waals surface area contributed by atoms with E-state index in [-0.39, 0.29) is 10.8 Å². The molecule has 2 heteroatoms. The molecule has 1 heterocycles. The number of allylic oxidation sites excluding steroid dienone is 6. The molecule has 2 nitrogen and oxygen atoms in total. The first-order valence-electron chi connectivity index (χ1n) is 6.90. The molecule has 0 aromatic rings. The average Bonchev–Trinajstić information content (AvgIpc) is 2.27. The summed E-state index contributed by atoms with van der Waals surface area (Å²) in [7, 11) is 0. The maximum atomic E-state index is 10.4. The van der Waals surface area contributed by atoms with Gasteiger partial charge in [0, 0.05) is 17.3 Å². The number of rotatable bonds is 3. The van der Waals surface area contributed by atoms with Gasteiger partial charge in [0.05, 0.1) is 0 Å². The standard InChI is InChI=1S/C17H26O2/c1-16(2,3)14-11-13(9-7-8-10-18)12-15(19-14)17(4,5)6/h9-12H,7-8H2,1-6H3. The molecule has 0 atom stereocenters. The van der Waals surface area contributed by atoms with E-state index in [1.807, 2.05) is 0 Å². The van der Waals surface area contributed by atoms with Crippen LogP contribution in [-0.4, -0.2) is 6.29 Å². The highest BCUT2D eigenvalue weighted by Crippen LogP contribution is 2.38. The number of aldehydes is 1. The van der Waals surface area contributed by atoms with Crippen molar-refractivity contribution in [3.05, 3.63) is 35.3 Å². The summed E-state index contributed by atoms with van der Waals surface area (Å²) in [6.07, 6.45) is 8.58. The molecule has 19 heavy (non-hydrogen) atoms. The molecule has 1 aliphatic rings. The number of ether oxygens (including phenoxy) is 1. The topological polar surface area (TPSA) is 26.3 Å². The summed E-state index contributed by atoms with van der Waals surface area (Å²) in [5.41, 5.74) is 1.10. The number of unbranched alkanes of at least 4 members (excludes halogenated alkanes) is 1. The molecule has 0 aromatic heterocycles. The molecule has 1 rings (SSSR count). The van der Waals surface area contributed by atoms with Gasteiger partial charge < -0.3 is 9.53 Å². The number of hydrogen-bond donors (Lipinski definition) is 0. The van der Waals surface area contributed by atoms with Crippen LogP contribution < -0.4 is 0 Å². The Morgan fingerprint density at radius 1 is 0.947 bits per heavy atom. The molecule has 0 aromatic carbocycles.